The molecule has 49 rings (SSSR count). The summed E-state index contributed by atoms with van der Waals surface area (Å²) in [4.78, 5) is 0. The highest BCUT2D eigenvalue weighted by Crippen LogP contribution is 2.85. The van der Waals surface area contributed by atoms with E-state index in [-0.39, 0.29) is 39.2 Å². The maximum atomic E-state index is 6.07. The molecule has 1 spiro atoms. The lowest BCUT2D eigenvalue weighted by Gasteiger charge is -2.58. The third-order valence-corrected chi connectivity index (χ3v) is 57.8. The molecule has 0 aromatic heterocycles. The summed E-state index contributed by atoms with van der Waals surface area (Å²) in [7, 11) is 0. The van der Waals surface area contributed by atoms with Crippen molar-refractivity contribution in [1.82, 2.24) is 0 Å². The molecule has 22 nitrogen and oxygen atoms in total. The summed E-state index contributed by atoms with van der Waals surface area (Å²) in [5.74, 6) is 33.3. The van der Waals surface area contributed by atoms with Gasteiger partial charge in [-0.3, -0.25) is 0 Å². The molecule has 29 aliphatic carbocycles. The molecular formula is C121H168O22. The van der Waals surface area contributed by atoms with Crippen LogP contribution in [0.1, 0.15) is 247 Å². The van der Waals surface area contributed by atoms with E-state index in [4.69, 9.17) is 104 Å². The SMILES string of the molecule is CC1(C)C2CC3OC3(CCOCC3CO3)C1C2.CC1(C)C2CC3OC3(CCOCC3CO3)C1C2.CC12CC3C(C4CC3C3(C)OC43)C1O2.CC12OC1C1CC2C2C1CC1OC12C.CC12OC1C1CC2C2CC3OC3(C)C21.CC1C2C3CC4(C)OC4C3C1C1OC12.CC1C2C3CC4(C)OC4C3C1C1OC12.CC1C2C3CC4OC4(C)C3C1C1OC12.CC1C2C3CC4OC4(C)C3C1C1OC12.CC1OC12CC1CC2C2OC12. The molecule has 0 N–H and O–H groups in total. The zero-order chi connectivity index (χ0) is 95.4. The second kappa shape index (κ2) is 26.4. The van der Waals surface area contributed by atoms with Crippen molar-refractivity contribution in [2.75, 3.05) is 39.6 Å². The first kappa shape index (κ1) is 88.2. The largest absolute Gasteiger partial charge is 0.379 e. The average Bonchev–Trinajstić information content (AvgIpc) is 1.57. The van der Waals surface area contributed by atoms with E-state index in [0.717, 1.165) is 277 Å². The molecule has 49 fully saturated rings. The number of epoxide rings is 20. The van der Waals surface area contributed by atoms with Gasteiger partial charge in [0.15, 0.2) is 0 Å². The van der Waals surface area contributed by atoms with Gasteiger partial charge in [-0.25, -0.2) is 0 Å². The molecule has 20 saturated heterocycles. The Hall–Kier alpha value is -0.880. The van der Waals surface area contributed by atoms with Crippen molar-refractivity contribution < 1.29 is 104 Å². The lowest BCUT2D eigenvalue weighted by Crippen LogP contribution is -2.57. The molecule has 0 aromatic rings. The number of fused-ring (bicyclic) bond motifs is 76. The molecule has 0 amide bonds. The van der Waals surface area contributed by atoms with E-state index in [9.17, 15) is 0 Å². The predicted molar refractivity (Wildman–Crippen MR) is 512 cm³/mol. The molecule has 20 bridgehead atoms. The Morgan fingerprint density at radius 2 is 0.643 bits per heavy atom. The van der Waals surface area contributed by atoms with E-state index in [2.05, 4.69) is 132 Å². The molecular weight excluding hydrogens is 1810 g/mol. The van der Waals surface area contributed by atoms with Crippen LogP contribution >= 0.6 is 0 Å². The molecule has 0 radical (unpaired) electrons. The van der Waals surface area contributed by atoms with Crippen LogP contribution in [0.3, 0.4) is 0 Å². The van der Waals surface area contributed by atoms with Crippen molar-refractivity contribution in [3.05, 3.63) is 0 Å². The Balaban J connectivity index is 0.0000000646. The summed E-state index contributed by atoms with van der Waals surface area (Å²) in [5, 5.41) is 0. The van der Waals surface area contributed by atoms with Gasteiger partial charge in [-0.15, -0.1) is 0 Å². The molecule has 20 heterocycles. The smallest absolute Gasteiger partial charge is 0.104 e. The fourth-order valence-corrected chi connectivity index (χ4v) is 50.2. The lowest BCUT2D eigenvalue weighted by atomic mass is 9.45. The lowest BCUT2D eigenvalue weighted by molar-refractivity contribution is -0.0918. The van der Waals surface area contributed by atoms with Gasteiger partial charge in [-0.1, -0.05) is 55.4 Å². The molecule has 76 unspecified atom stereocenters. The van der Waals surface area contributed by atoms with Gasteiger partial charge in [0.05, 0.1) is 223 Å². The van der Waals surface area contributed by atoms with Crippen LogP contribution in [0.2, 0.25) is 0 Å². The van der Waals surface area contributed by atoms with Gasteiger partial charge >= 0.3 is 0 Å². The standard InChI is InChI=1S/2C14H22O3.7C12H16O2.C9H12O2/c2*1-13(2)9-5-11(13)14(12(6-9)17-14)3-4-15-7-10-8-16-10;1-11-7-3-6(10(11)14-11)9-5(7)4-8-12(9,2)13-8;1-11-7-3-6(10(11)14-11)5-4-8-12(2,13-8)9(5)7;1-11-4-6-7-3-5(8(6)10(11)13-11)9-12(7,2)14-9;2*1-4-6-5-3-12(2)11(14-12)8(5)7(4)10-9(6)13-10;2*1-4-7-5-3-6-12(2,14-6)9(5)8(4)11-10(7)13-11;1-4-9(11-4)3-5-2-6(9)8-7(5)10-8/h2*9-12H,3-8H2,1-2H3;3*5-10H,3-4H2,1-2H3;4*4-11H,3H2,1-2H3;4-8H,2-3H2,1H3. The minimum absolute atomic E-state index is 0.197. The summed E-state index contributed by atoms with van der Waals surface area (Å²) in [6.45, 7) is 50.0. The van der Waals surface area contributed by atoms with Crippen LogP contribution in [0.5, 0.6) is 0 Å². The normalized spacial score (nSPS) is 73.8. The Morgan fingerprint density at radius 1 is 0.259 bits per heavy atom. The van der Waals surface area contributed by atoms with Gasteiger partial charge < -0.3 is 104 Å². The van der Waals surface area contributed by atoms with Crippen LogP contribution in [0.25, 0.3) is 0 Å². The van der Waals surface area contributed by atoms with E-state index in [1.807, 2.05) is 0 Å². The fraction of sp³-hybridized carbons (Fsp3) is 1.00. The highest BCUT2D eigenvalue weighted by molar-refractivity contribution is 5.38. The average molecular weight is 1970 g/mol. The molecule has 22 heteroatoms. The fourth-order valence-electron chi connectivity index (χ4n) is 50.2. The van der Waals surface area contributed by atoms with Crippen molar-refractivity contribution >= 4 is 0 Å². The maximum absolute atomic E-state index is 6.07. The number of hydrogen-bond donors (Lipinski definition) is 0. The molecule has 784 valence electrons. The minimum Gasteiger partial charge on any atom is -0.379 e. The summed E-state index contributed by atoms with van der Waals surface area (Å²) in [6, 6.07) is 0. The first-order chi connectivity index (χ1) is 68.3. The van der Waals surface area contributed by atoms with E-state index in [1.54, 1.807) is 0 Å². The summed E-state index contributed by atoms with van der Waals surface area (Å²) >= 11 is 0. The first-order valence-electron chi connectivity index (χ1n) is 60.8. The molecule has 20 aliphatic heterocycles. The number of hydrogen-bond acceptors (Lipinski definition) is 22. The molecule has 143 heavy (non-hydrogen) atoms. The van der Waals surface area contributed by atoms with Gasteiger partial charge in [0.1, 0.15) is 29.0 Å². The maximum Gasteiger partial charge on any atom is 0.104 e. The molecule has 49 aliphatic rings. The van der Waals surface area contributed by atoms with Crippen molar-refractivity contribution in [2.45, 2.75) is 473 Å². The zero-order valence-electron chi connectivity index (χ0n) is 88.8. The Bertz CT molecular complexity index is 5250. The van der Waals surface area contributed by atoms with Gasteiger partial charge in [0.25, 0.3) is 0 Å². The Morgan fingerprint density at radius 3 is 1.11 bits per heavy atom. The van der Waals surface area contributed by atoms with Gasteiger partial charge in [0.2, 0.25) is 0 Å². The third-order valence-electron chi connectivity index (χ3n) is 57.8. The van der Waals surface area contributed by atoms with Crippen molar-refractivity contribution in [3.63, 3.8) is 0 Å². The molecule has 0 aromatic carbocycles. The highest BCUT2D eigenvalue weighted by Gasteiger charge is 2.91. The number of rotatable bonds is 10. The second-order valence-corrected chi connectivity index (χ2v) is 63.1. The predicted octanol–water partition coefficient (Wildman–Crippen LogP) is 15.5. The monoisotopic (exact) mass is 1970 g/mol. The summed E-state index contributed by atoms with van der Waals surface area (Å²) < 4.78 is 127. The van der Waals surface area contributed by atoms with E-state index in [0.29, 0.717) is 197 Å². The van der Waals surface area contributed by atoms with Crippen LogP contribution < -0.4 is 0 Å². The topological polar surface area (TPSA) is 269 Å². The number of ether oxygens (including phenoxy) is 22. The van der Waals surface area contributed by atoms with E-state index < -0.39 is 0 Å². The highest BCUT2D eigenvalue weighted by atomic mass is 16.7. The zero-order valence-corrected chi connectivity index (χ0v) is 88.8. The van der Waals surface area contributed by atoms with Gasteiger partial charge in [-0.2, -0.15) is 0 Å². The molecule has 76 atom stereocenters. The van der Waals surface area contributed by atoms with Gasteiger partial charge in [0, 0.05) is 32.0 Å². The third kappa shape index (κ3) is 10.9. The second-order valence-electron chi connectivity index (χ2n) is 63.1. The van der Waals surface area contributed by atoms with E-state index in [1.165, 1.54) is 103 Å². The minimum atomic E-state index is 0.197. The Kier molecular flexibility index (Phi) is 16.3. The van der Waals surface area contributed by atoms with E-state index >= 15 is 0 Å². The van der Waals surface area contributed by atoms with Crippen LogP contribution in [0.4, 0.5) is 0 Å². The summed E-state index contributed by atoms with van der Waals surface area (Å²) in [6.07, 6.45) is 38.8. The molecule has 29 saturated carbocycles. The first-order valence-corrected chi connectivity index (χ1v) is 60.8. The van der Waals surface area contributed by atoms with Crippen LogP contribution in [0, 0.1) is 236 Å². The summed E-state index contributed by atoms with van der Waals surface area (Å²) in [5.41, 5.74) is 4.57. The van der Waals surface area contributed by atoms with Gasteiger partial charge in [-0.05, 0) is 409 Å². The van der Waals surface area contributed by atoms with Crippen LogP contribution in [-0.4, -0.2) is 265 Å². The Labute approximate surface area is 847 Å². The van der Waals surface area contributed by atoms with Crippen molar-refractivity contribution in [3.8, 4) is 0 Å². The quantitative estimate of drug-likeness (QED) is 0.145. The van der Waals surface area contributed by atoms with Crippen molar-refractivity contribution in [1.29, 1.82) is 0 Å². The van der Waals surface area contributed by atoms with Crippen molar-refractivity contribution in [2.24, 2.45) is 236 Å². The van der Waals surface area contributed by atoms with Crippen LogP contribution in [0.15, 0.2) is 0 Å². The van der Waals surface area contributed by atoms with Crippen LogP contribution in [-0.2, 0) is 104 Å².